The van der Waals surface area contributed by atoms with E-state index in [2.05, 4.69) is 0 Å². The van der Waals surface area contributed by atoms with Crippen LogP contribution in [-0.2, 0) is 0 Å². The van der Waals surface area contributed by atoms with Crippen molar-refractivity contribution < 1.29 is 9.90 Å². The highest BCUT2D eigenvalue weighted by Gasteiger charge is 2.18. The second kappa shape index (κ2) is 6.73. The third-order valence-corrected chi connectivity index (χ3v) is 4.40. The molecule has 4 aromatic rings. The summed E-state index contributed by atoms with van der Waals surface area (Å²) in [7, 11) is 0. The first kappa shape index (κ1) is 15.9. The average Bonchev–Trinajstić information content (AvgIpc) is 3.14. The van der Waals surface area contributed by atoms with Crippen molar-refractivity contribution in [2.45, 2.75) is 0 Å². The second-order valence-corrected chi connectivity index (χ2v) is 5.99. The molecule has 1 N–H and O–H groups in total. The zero-order chi connectivity index (χ0) is 17.9. The first-order valence-corrected chi connectivity index (χ1v) is 8.41. The molecule has 0 atom stereocenters. The number of carbonyl (C=O) groups is 1. The van der Waals surface area contributed by atoms with Crippen molar-refractivity contribution in [1.29, 1.82) is 0 Å². The van der Waals surface area contributed by atoms with Crippen molar-refractivity contribution in [2.24, 2.45) is 0 Å². The summed E-state index contributed by atoms with van der Waals surface area (Å²) in [5.41, 5.74) is 4.92. The lowest BCUT2D eigenvalue weighted by Crippen LogP contribution is -2.07. The topological polar surface area (TPSA) is 42.2 Å². The van der Waals surface area contributed by atoms with Crippen molar-refractivity contribution in [3.63, 3.8) is 0 Å². The highest BCUT2D eigenvalue weighted by molar-refractivity contribution is 5.93. The van der Waals surface area contributed by atoms with Crippen molar-refractivity contribution in [3.05, 3.63) is 103 Å². The quantitative estimate of drug-likeness (QED) is 0.533. The minimum Gasteiger partial charge on any atom is -0.478 e. The van der Waals surface area contributed by atoms with E-state index in [4.69, 9.17) is 0 Å². The molecule has 0 aliphatic rings. The summed E-state index contributed by atoms with van der Waals surface area (Å²) in [6, 6.07) is 31.2. The number of benzene rings is 3. The van der Waals surface area contributed by atoms with E-state index in [9.17, 15) is 9.90 Å². The highest BCUT2D eigenvalue weighted by atomic mass is 16.4. The Kier molecular flexibility index (Phi) is 4.12. The molecule has 0 aliphatic heterocycles. The van der Waals surface area contributed by atoms with E-state index in [-0.39, 0.29) is 5.56 Å². The summed E-state index contributed by atoms with van der Waals surface area (Å²) in [4.78, 5) is 11.8. The number of rotatable bonds is 4. The zero-order valence-corrected chi connectivity index (χ0v) is 14.0. The average molecular weight is 339 g/mol. The number of aromatic nitrogens is 1. The summed E-state index contributed by atoms with van der Waals surface area (Å²) in [6.07, 6.45) is 0. The molecule has 26 heavy (non-hydrogen) atoms. The Balaban J connectivity index is 2.03. The molecular weight excluding hydrogens is 322 g/mol. The summed E-state index contributed by atoms with van der Waals surface area (Å²) in [5.74, 6) is -0.938. The molecular formula is C23H17NO2. The number of carboxylic acids is 1. The molecule has 1 aromatic heterocycles. The smallest absolute Gasteiger partial charge is 0.337 e. The van der Waals surface area contributed by atoms with Gasteiger partial charge < -0.3 is 9.67 Å². The van der Waals surface area contributed by atoms with Crippen LogP contribution in [0.25, 0.3) is 28.2 Å². The van der Waals surface area contributed by atoms with Gasteiger partial charge in [0.05, 0.1) is 22.6 Å². The SMILES string of the molecule is O=C(O)c1ccccc1-n1c(-c2ccccc2)ccc1-c1ccccc1. The number of aromatic carboxylic acids is 1. The Morgan fingerprint density at radius 2 is 1.08 bits per heavy atom. The van der Waals surface area contributed by atoms with E-state index in [0.717, 1.165) is 22.5 Å². The van der Waals surface area contributed by atoms with Gasteiger partial charge in [-0.2, -0.15) is 0 Å². The maximum Gasteiger partial charge on any atom is 0.337 e. The number of hydrogen-bond acceptors (Lipinski definition) is 1. The van der Waals surface area contributed by atoms with Gasteiger partial charge in [-0.25, -0.2) is 4.79 Å². The first-order valence-electron chi connectivity index (χ1n) is 8.41. The van der Waals surface area contributed by atoms with Gasteiger partial charge in [0.2, 0.25) is 0 Å². The molecule has 0 spiro atoms. The van der Waals surface area contributed by atoms with Gasteiger partial charge in [0.25, 0.3) is 0 Å². The van der Waals surface area contributed by atoms with Gasteiger partial charge in [0, 0.05) is 0 Å². The molecule has 3 aromatic carbocycles. The molecule has 0 radical (unpaired) electrons. The van der Waals surface area contributed by atoms with Gasteiger partial charge in [0.1, 0.15) is 0 Å². The number of carboxylic acid groups (broad SMARTS) is 1. The van der Waals surface area contributed by atoms with Gasteiger partial charge in [-0.05, 0) is 35.4 Å². The third-order valence-electron chi connectivity index (χ3n) is 4.40. The van der Waals surface area contributed by atoms with Gasteiger partial charge >= 0.3 is 5.97 Å². The summed E-state index contributed by atoms with van der Waals surface area (Å²) >= 11 is 0. The lowest BCUT2D eigenvalue weighted by atomic mass is 10.1. The Bertz CT molecular complexity index is 993. The third kappa shape index (κ3) is 2.80. The molecule has 3 nitrogen and oxygen atoms in total. The van der Waals surface area contributed by atoms with Crippen molar-refractivity contribution in [2.75, 3.05) is 0 Å². The number of hydrogen-bond donors (Lipinski definition) is 1. The summed E-state index contributed by atoms with van der Waals surface area (Å²) < 4.78 is 2.02. The van der Waals surface area contributed by atoms with Crippen LogP contribution in [0.5, 0.6) is 0 Å². The molecule has 0 fully saturated rings. The zero-order valence-electron chi connectivity index (χ0n) is 14.0. The van der Waals surface area contributed by atoms with E-state index in [1.165, 1.54) is 0 Å². The van der Waals surface area contributed by atoms with Crippen LogP contribution in [0.1, 0.15) is 10.4 Å². The van der Waals surface area contributed by atoms with E-state index in [1.807, 2.05) is 89.5 Å². The van der Waals surface area contributed by atoms with Crippen LogP contribution in [0.2, 0.25) is 0 Å². The van der Waals surface area contributed by atoms with Gasteiger partial charge in [-0.15, -0.1) is 0 Å². The molecule has 0 saturated heterocycles. The van der Waals surface area contributed by atoms with Crippen LogP contribution < -0.4 is 0 Å². The molecule has 0 unspecified atom stereocenters. The lowest BCUT2D eigenvalue weighted by Gasteiger charge is -2.16. The molecule has 0 aliphatic carbocycles. The van der Waals surface area contributed by atoms with Gasteiger partial charge in [0.15, 0.2) is 0 Å². The van der Waals surface area contributed by atoms with Crippen molar-refractivity contribution in [1.82, 2.24) is 4.57 Å². The van der Waals surface area contributed by atoms with Crippen LogP contribution in [0.4, 0.5) is 0 Å². The Hall–Kier alpha value is -3.59. The van der Waals surface area contributed by atoms with Gasteiger partial charge in [-0.3, -0.25) is 0 Å². The molecule has 126 valence electrons. The monoisotopic (exact) mass is 339 g/mol. The van der Waals surface area contributed by atoms with Gasteiger partial charge in [-0.1, -0.05) is 72.8 Å². The Morgan fingerprint density at radius 1 is 0.615 bits per heavy atom. The maximum atomic E-state index is 11.8. The molecule has 4 rings (SSSR count). The standard InChI is InChI=1S/C23H17NO2/c25-23(26)19-13-7-8-14-22(19)24-20(17-9-3-1-4-10-17)15-16-21(24)18-11-5-2-6-12-18/h1-16H,(H,25,26). The Morgan fingerprint density at radius 3 is 1.58 bits per heavy atom. The molecule has 0 amide bonds. The van der Waals surface area contributed by atoms with Crippen LogP contribution in [-0.4, -0.2) is 15.6 Å². The maximum absolute atomic E-state index is 11.8. The van der Waals surface area contributed by atoms with E-state index >= 15 is 0 Å². The fourth-order valence-corrected chi connectivity index (χ4v) is 3.21. The van der Waals surface area contributed by atoms with Crippen LogP contribution in [0.3, 0.4) is 0 Å². The normalized spacial score (nSPS) is 10.6. The molecule has 0 saturated carbocycles. The lowest BCUT2D eigenvalue weighted by molar-refractivity contribution is 0.0697. The number of nitrogens with zero attached hydrogens (tertiary/aromatic N) is 1. The predicted molar refractivity (Wildman–Crippen MR) is 104 cm³/mol. The molecule has 3 heteroatoms. The van der Waals surface area contributed by atoms with Crippen molar-refractivity contribution in [3.8, 4) is 28.2 Å². The van der Waals surface area contributed by atoms with Crippen molar-refractivity contribution >= 4 is 5.97 Å². The van der Waals surface area contributed by atoms with E-state index in [0.29, 0.717) is 5.69 Å². The fraction of sp³-hybridized carbons (Fsp3) is 0. The fourth-order valence-electron chi connectivity index (χ4n) is 3.21. The Labute approximate surface area is 151 Å². The second-order valence-electron chi connectivity index (χ2n) is 5.99. The number of para-hydroxylation sites is 1. The molecule has 0 bridgehead atoms. The minimum atomic E-state index is -0.938. The highest BCUT2D eigenvalue weighted by Crippen LogP contribution is 2.33. The minimum absolute atomic E-state index is 0.276. The first-order chi connectivity index (χ1) is 12.8. The van der Waals surface area contributed by atoms with Crippen LogP contribution in [0, 0.1) is 0 Å². The largest absolute Gasteiger partial charge is 0.478 e. The summed E-state index contributed by atoms with van der Waals surface area (Å²) in [6.45, 7) is 0. The molecule has 1 heterocycles. The van der Waals surface area contributed by atoms with Crippen LogP contribution >= 0.6 is 0 Å². The van der Waals surface area contributed by atoms with E-state index < -0.39 is 5.97 Å². The van der Waals surface area contributed by atoms with Crippen LogP contribution in [0.15, 0.2) is 97.1 Å². The van der Waals surface area contributed by atoms with E-state index in [1.54, 1.807) is 12.1 Å². The summed E-state index contributed by atoms with van der Waals surface area (Å²) in [5, 5.41) is 9.67. The predicted octanol–water partition coefficient (Wildman–Crippen LogP) is 5.51.